The molecule has 0 saturated carbocycles. The number of urea groups is 1. The third-order valence-electron chi connectivity index (χ3n) is 4.49. The van der Waals surface area contributed by atoms with Crippen LogP contribution in [-0.2, 0) is 25.5 Å². The van der Waals surface area contributed by atoms with Crippen LogP contribution >= 0.6 is 0 Å². The average Bonchev–Trinajstić information content (AvgIpc) is 3.14. The first-order valence-electron chi connectivity index (χ1n) is 8.22. The fraction of sp³-hybridized carbons (Fsp3) is 0.500. The van der Waals surface area contributed by atoms with Crippen LogP contribution in [0.2, 0.25) is 0 Å². The number of hydrogen-bond acceptors (Lipinski definition) is 5. The van der Waals surface area contributed by atoms with Gasteiger partial charge in [-0.3, -0.25) is 0 Å². The summed E-state index contributed by atoms with van der Waals surface area (Å²) in [4.78, 5) is 39.8. The fourth-order valence-electron chi connectivity index (χ4n) is 3.06. The van der Waals surface area contributed by atoms with E-state index in [0.29, 0.717) is 19.4 Å². The molecule has 1 aromatic carbocycles. The van der Waals surface area contributed by atoms with Gasteiger partial charge in [0, 0.05) is 20.0 Å². The zero-order valence-corrected chi connectivity index (χ0v) is 14.8. The number of methoxy groups -OCH3 is 2. The van der Waals surface area contributed by atoms with Crippen LogP contribution in [0.4, 0.5) is 4.79 Å². The molecule has 0 radical (unpaired) electrons. The Labute approximate surface area is 147 Å². The Morgan fingerprint density at radius 2 is 1.88 bits per heavy atom. The third-order valence-corrected chi connectivity index (χ3v) is 4.49. The summed E-state index contributed by atoms with van der Waals surface area (Å²) in [5, 5.41) is 0. The van der Waals surface area contributed by atoms with Gasteiger partial charge >= 0.3 is 18.0 Å². The van der Waals surface area contributed by atoms with Gasteiger partial charge in [0.05, 0.1) is 14.2 Å². The molecule has 25 heavy (non-hydrogen) atoms. The van der Waals surface area contributed by atoms with E-state index in [2.05, 4.69) is 0 Å². The van der Waals surface area contributed by atoms with Gasteiger partial charge in [-0.25, -0.2) is 14.4 Å². The number of carbonyl (C=O) groups excluding carboxylic acids is 3. The number of ether oxygens (including phenoxy) is 2. The van der Waals surface area contributed by atoms with Crippen LogP contribution < -0.4 is 0 Å². The average molecular weight is 348 g/mol. The molecular formula is C18H24N2O5. The maximum Gasteiger partial charge on any atom is 0.328 e. The number of rotatable bonds is 5. The van der Waals surface area contributed by atoms with Crippen LogP contribution in [-0.4, -0.2) is 67.7 Å². The Morgan fingerprint density at radius 1 is 1.20 bits per heavy atom. The SMILES string of the molecule is COC(=O)[C@H]1CCCN1C(=O)N(C)[C@@H](Cc1ccccc1)C(=O)OC. The van der Waals surface area contributed by atoms with Crippen molar-refractivity contribution < 1.29 is 23.9 Å². The van der Waals surface area contributed by atoms with Gasteiger partial charge in [0.2, 0.25) is 0 Å². The van der Waals surface area contributed by atoms with Gasteiger partial charge in [-0.1, -0.05) is 30.3 Å². The van der Waals surface area contributed by atoms with Crippen LogP contribution in [0.25, 0.3) is 0 Å². The van der Waals surface area contributed by atoms with Gasteiger partial charge in [0.25, 0.3) is 0 Å². The van der Waals surface area contributed by atoms with Crippen molar-refractivity contribution in [2.45, 2.75) is 31.3 Å². The highest BCUT2D eigenvalue weighted by molar-refractivity contribution is 5.87. The number of hydrogen-bond donors (Lipinski definition) is 0. The molecule has 0 spiro atoms. The number of likely N-dealkylation sites (N-methyl/N-ethyl adjacent to an activating group) is 1. The third kappa shape index (κ3) is 4.29. The summed E-state index contributed by atoms with van der Waals surface area (Å²) in [5.41, 5.74) is 0.920. The van der Waals surface area contributed by atoms with E-state index in [-0.39, 0.29) is 6.03 Å². The molecule has 1 aromatic rings. The predicted molar refractivity (Wildman–Crippen MR) is 90.9 cm³/mol. The van der Waals surface area contributed by atoms with E-state index in [4.69, 9.17) is 9.47 Å². The molecule has 1 aliphatic rings. The van der Waals surface area contributed by atoms with Gasteiger partial charge < -0.3 is 19.3 Å². The summed E-state index contributed by atoms with van der Waals surface area (Å²) in [6.45, 7) is 0.460. The van der Waals surface area contributed by atoms with Gasteiger partial charge in [-0.2, -0.15) is 0 Å². The lowest BCUT2D eigenvalue weighted by molar-refractivity contribution is -0.146. The molecule has 7 heteroatoms. The minimum absolute atomic E-state index is 0.340. The topological polar surface area (TPSA) is 76.2 Å². The summed E-state index contributed by atoms with van der Waals surface area (Å²) in [7, 11) is 4.16. The molecule has 0 N–H and O–H groups in total. The molecule has 2 atom stereocenters. The molecule has 0 unspecified atom stereocenters. The second kappa shape index (κ2) is 8.50. The van der Waals surface area contributed by atoms with Gasteiger partial charge in [0.15, 0.2) is 0 Å². The highest BCUT2D eigenvalue weighted by atomic mass is 16.5. The molecule has 2 amide bonds. The normalized spacial score (nSPS) is 17.7. The lowest BCUT2D eigenvalue weighted by Gasteiger charge is -2.32. The van der Waals surface area contributed by atoms with E-state index in [0.717, 1.165) is 12.0 Å². The number of benzene rings is 1. The Kier molecular flexibility index (Phi) is 6.38. The predicted octanol–water partition coefficient (Wildman–Crippen LogP) is 1.46. The smallest absolute Gasteiger partial charge is 0.328 e. The summed E-state index contributed by atoms with van der Waals surface area (Å²) in [6, 6.07) is 7.67. The van der Waals surface area contributed by atoms with Gasteiger partial charge in [0.1, 0.15) is 12.1 Å². The molecule has 0 aromatic heterocycles. The maximum absolute atomic E-state index is 12.9. The minimum atomic E-state index is -0.765. The second-order valence-electron chi connectivity index (χ2n) is 6.00. The lowest BCUT2D eigenvalue weighted by Crippen LogP contribution is -2.53. The quantitative estimate of drug-likeness (QED) is 0.753. The number of likely N-dealkylation sites (tertiary alicyclic amines) is 1. The van der Waals surface area contributed by atoms with E-state index in [1.54, 1.807) is 7.05 Å². The van der Waals surface area contributed by atoms with Crippen LogP contribution in [0.1, 0.15) is 18.4 Å². The second-order valence-corrected chi connectivity index (χ2v) is 6.00. The summed E-state index contributed by atoms with van der Waals surface area (Å²) in [5.74, 6) is -0.926. The van der Waals surface area contributed by atoms with Gasteiger partial charge in [-0.05, 0) is 18.4 Å². The van der Waals surface area contributed by atoms with Crippen molar-refractivity contribution in [1.82, 2.24) is 9.80 Å². The standard InChI is InChI=1S/C18H24N2O5/c1-19(18(23)20-11-7-10-14(20)16(21)24-2)15(17(22)25-3)12-13-8-5-4-6-9-13/h4-6,8-9,14-15H,7,10-12H2,1-3H3/t14-,15+/m1/s1. The molecule has 0 bridgehead atoms. The zero-order valence-electron chi connectivity index (χ0n) is 14.8. The number of nitrogens with zero attached hydrogens (tertiary/aromatic N) is 2. The first kappa shape index (κ1) is 18.8. The van der Waals surface area contributed by atoms with E-state index in [9.17, 15) is 14.4 Å². The molecular weight excluding hydrogens is 324 g/mol. The van der Waals surface area contributed by atoms with Crippen molar-refractivity contribution in [2.75, 3.05) is 27.8 Å². The molecule has 7 nitrogen and oxygen atoms in total. The maximum atomic E-state index is 12.9. The molecule has 1 heterocycles. The Hall–Kier alpha value is -2.57. The highest BCUT2D eigenvalue weighted by Crippen LogP contribution is 2.21. The highest BCUT2D eigenvalue weighted by Gasteiger charge is 2.39. The number of amides is 2. The van der Waals surface area contributed by atoms with E-state index < -0.39 is 24.0 Å². The molecule has 1 fully saturated rings. The molecule has 1 saturated heterocycles. The monoisotopic (exact) mass is 348 g/mol. The number of esters is 2. The van der Waals surface area contributed by atoms with Crippen LogP contribution in [0.3, 0.4) is 0 Å². The molecule has 0 aliphatic carbocycles. The summed E-state index contributed by atoms with van der Waals surface area (Å²) >= 11 is 0. The molecule has 2 rings (SSSR count). The molecule has 1 aliphatic heterocycles. The van der Waals surface area contributed by atoms with E-state index in [1.165, 1.54) is 24.0 Å². The number of carbonyl (C=O) groups is 3. The van der Waals surface area contributed by atoms with Crippen molar-refractivity contribution in [2.24, 2.45) is 0 Å². The molecule has 136 valence electrons. The largest absolute Gasteiger partial charge is 0.467 e. The fourth-order valence-corrected chi connectivity index (χ4v) is 3.06. The first-order valence-corrected chi connectivity index (χ1v) is 8.22. The van der Waals surface area contributed by atoms with Crippen LogP contribution in [0.15, 0.2) is 30.3 Å². The van der Waals surface area contributed by atoms with Crippen molar-refractivity contribution >= 4 is 18.0 Å². The van der Waals surface area contributed by atoms with Crippen molar-refractivity contribution in [3.05, 3.63) is 35.9 Å². The van der Waals surface area contributed by atoms with Crippen molar-refractivity contribution in [3.63, 3.8) is 0 Å². The van der Waals surface area contributed by atoms with Crippen molar-refractivity contribution in [1.29, 1.82) is 0 Å². The van der Waals surface area contributed by atoms with Crippen LogP contribution in [0.5, 0.6) is 0 Å². The Morgan fingerprint density at radius 3 is 2.48 bits per heavy atom. The van der Waals surface area contributed by atoms with E-state index in [1.807, 2.05) is 30.3 Å². The van der Waals surface area contributed by atoms with Gasteiger partial charge in [-0.15, -0.1) is 0 Å². The lowest BCUT2D eigenvalue weighted by atomic mass is 10.1. The zero-order chi connectivity index (χ0) is 18.4. The summed E-state index contributed by atoms with van der Waals surface area (Å²) < 4.78 is 9.65. The first-order chi connectivity index (χ1) is 12.0. The van der Waals surface area contributed by atoms with E-state index >= 15 is 0 Å². The van der Waals surface area contributed by atoms with Crippen molar-refractivity contribution in [3.8, 4) is 0 Å². The Bertz CT molecular complexity index is 619. The summed E-state index contributed by atoms with van der Waals surface area (Å²) in [6.07, 6.45) is 1.63. The van der Waals surface area contributed by atoms with Crippen LogP contribution in [0, 0.1) is 0 Å². The minimum Gasteiger partial charge on any atom is -0.467 e. The Balaban J connectivity index is 2.17.